The van der Waals surface area contributed by atoms with E-state index in [1.54, 1.807) is 6.20 Å². The Labute approximate surface area is 105 Å². The predicted molar refractivity (Wildman–Crippen MR) is 68.0 cm³/mol. The Kier molecular flexibility index (Phi) is 2.54. The second-order valence-corrected chi connectivity index (χ2v) is 4.85. The lowest BCUT2D eigenvalue weighted by molar-refractivity contribution is 0.475. The number of benzene rings is 1. The molecule has 1 heterocycles. The third-order valence-corrected chi connectivity index (χ3v) is 3.34. The minimum atomic E-state index is -0.342. The number of rotatable bonds is 2. The standard InChI is InChI=1S/C15H14FNO/c1-9-6-12(10-2-3-10)14(8-17-9)13-7-11(16)4-5-15(13)18/h4-8,10,18H,2-3H2,1H3. The lowest BCUT2D eigenvalue weighted by Gasteiger charge is -2.11. The molecule has 1 aliphatic rings. The molecule has 2 aromatic rings. The van der Waals surface area contributed by atoms with E-state index in [2.05, 4.69) is 4.98 Å². The average molecular weight is 243 g/mol. The Morgan fingerprint density at radius 3 is 2.72 bits per heavy atom. The van der Waals surface area contributed by atoms with Crippen LogP contribution in [0.1, 0.15) is 30.0 Å². The number of hydrogen-bond donors (Lipinski definition) is 1. The highest BCUT2D eigenvalue weighted by Gasteiger charge is 2.27. The smallest absolute Gasteiger partial charge is 0.124 e. The zero-order chi connectivity index (χ0) is 12.7. The van der Waals surface area contributed by atoms with Crippen LogP contribution in [0.3, 0.4) is 0 Å². The lowest BCUT2D eigenvalue weighted by atomic mass is 9.97. The van der Waals surface area contributed by atoms with Gasteiger partial charge in [0, 0.05) is 23.0 Å². The van der Waals surface area contributed by atoms with Crippen LogP contribution in [-0.4, -0.2) is 10.1 Å². The van der Waals surface area contributed by atoms with Crippen LogP contribution in [0.15, 0.2) is 30.5 Å². The monoisotopic (exact) mass is 243 g/mol. The number of phenolic OH excluding ortho intramolecular Hbond substituents is 1. The summed E-state index contributed by atoms with van der Waals surface area (Å²) in [5, 5.41) is 9.89. The van der Waals surface area contributed by atoms with E-state index in [0.717, 1.165) is 24.1 Å². The first kappa shape index (κ1) is 11.2. The molecule has 0 unspecified atom stereocenters. The van der Waals surface area contributed by atoms with Crippen molar-refractivity contribution in [3.8, 4) is 16.9 Å². The maximum absolute atomic E-state index is 13.3. The number of aryl methyl sites for hydroxylation is 1. The van der Waals surface area contributed by atoms with Gasteiger partial charge in [-0.05, 0) is 55.5 Å². The van der Waals surface area contributed by atoms with Crippen LogP contribution in [0.4, 0.5) is 4.39 Å². The molecular formula is C15H14FNO. The average Bonchev–Trinajstić information content (AvgIpc) is 3.16. The van der Waals surface area contributed by atoms with Crippen LogP contribution in [0.25, 0.3) is 11.1 Å². The molecule has 3 rings (SSSR count). The molecule has 0 bridgehead atoms. The molecule has 1 aliphatic carbocycles. The quantitative estimate of drug-likeness (QED) is 0.870. The van der Waals surface area contributed by atoms with E-state index < -0.39 is 0 Å². The van der Waals surface area contributed by atoms with E-state index >= 15 is 0 Å². The minimum Gasteiger partial charge on any atom is -0.507 e. The second kappa shape index (κ2) is 4.09. The summed E-state index contributed by atoms with van der Waals surface area (Å²) >= 11 is 0. The maximum Gasteiger partial charge on any atom is 0.124 e. The molecule has 0 spiro atoms. The third kappa shape index (κ3) is 1.96. The highest BCUT2D eigenvalue weighted by molar-refractivity contribution is 5.73. The van der Waals surface area contributed by atoms with E-state index in [-0.39, 0.29) is 11.6 Å². The van der Waals surface area contributed by atoms with Gasteiger partial charge < -0.3 is 5.11 Å². The van der Waals surface area contributed by atoms with Crippen molar-refractivity contribution in [2.45, 2.75) is 25.7 Å². The van der Waals surface area contributed by atoms with E-state index in [0.29, 0.717) is 11.5 Å². The van der Waals surface area contributed by atoms with Crippen molar-refractivity contribution in [2.75, 3.05) is 0 Å². The van der Waals surface area contributed by atoms with E-state index in [4.69, 9.17) is 0 Å². The van der Waals surface area contributed by atoms with Crippen molar-refractivity contribution in [1.82, 2.24) is 4.98 Å². The van der Waals surface area contributed by atoms with Gasteiger partial charge in [-0.1, -0.05) is 0 Å². The molecule has 1 fully saturated rings. The molecule has 92 valence electrons. The highest BCUT2D eigenvalue weighted by Crippen LogP contribution is 2.45. The van der Waals surface area contributed by atoms with Crippen LogP contribution in [-0.2, 0) is 0 Å². The van der Waals surface area contributed by atoms with Crippen molar-refractivity contribution in [1.29, 1.82) is 0 Å². The van der Waals surface area contributed by atoms with Gasteiger partial charge in [-0.15, -0.1) is 0 Å². The van der Waals surface area contributed by atoms with E-state index in [1.807, 2.05) is 13.0 Å². The summed E-state index contributed by atoms with van der Waals surface area (Å²) in [6.45, 7) is 1.95. The Bertz CT molecular complexity index is 605. The molecule has 1 aromatic carbocycles. The Hall–Kier alpha value is -1.90. The summed E-state index contributed by atoms with van der Waals surface area (Å²) in [6.07, 6.45) is 4.05. The van der Waals surface area contributed by atoms with Gasteiger partial charge in [0.25, 0.3) is 0 Å². The van der Waals surface area contributed by atoms with Gasteiger partial charge in [-0.2, -0.15) is 0 Å². The minimum absolute atomic E-state index is 0.101. The van der Waals surface area contributed by atoms with Crippen molar-refractivity contribution in [2.24, 2.45) is 0 Å². The van der Waals surface area contributed by atoms with Gasteiger partial charge in [-0.3, -0.25) is 4.98 Å². The van der Waals surface area contributed by atoms with E-state index in [9.17, 15) is 9.50 Å². The number of aromatic hydroxyl groups is 1. The van der Waals surface area contributed by atoms with Crippen LogP contribution < -0.4 is 0 Å². The van der Waals surface area contributed by atoms with Crippen molar-refractivity contribution in [3.05, 3.63) is 47.5 Å². The Balaban J connectivity index is 2.18. The Morgan fingerprint density at radius 2 is 2.00 bits per heavy atom. The van der Waals surface area contributed by atoms with Gasteiger partial charge in [0.2, 0.25) is 0 Å². The molecule has 0 amide bonds. The van der Waals surface area contributed by atoms with Gasteiger partial charge in [0.1, 0.15) is 11.6 Å². The summed E-state index contributed by atoms with van der Waals surface area (Å²) in [5.41, 5.74) is 3.50. The Morgan fingerprint density at radius 1 is 1.22 bits per heavy atom. The summed E-state index contributed by atoms with van der Waals surface area (Å²) in [7, 11) is 0. The fourth-order valence-corrected chi connectivity index (χ4v) is 2.26. The van der Waals surface area contributed by atoms with Crippen molar-refractivity contribution >= 4 is 0 Å². The molecule has 0 atom stereocenters. The van der Waals surface area contributed by atoms with Crippen molar-refractivity contribution < 1.29 is 9.50 Å². The number of phenols is 1. The fourth-order valence-electron chi connectivity index (χ4n) is 2.26. The van der Waals surface area contributed by atoms with Crippen LogP contribution >= 0.6 is 0 Å². The van der Waals surface area contributed by atoms with Crippen LogP contribution in [0.2, 0.25) is 0 Å². The summed E-state index contributed by atoms with van der Waals surface area (Å²) < 4.78 is 13.3. The summed E-state index contributed by atoms with van der Waals surface area (Å²) in [5.74, 6) is 0.290. The lowest BCUT2D eigenvalue weighted by Crippen LogP contribution is -1.93. The molecule has 0 saturated heterocycles. The summed E-state index contributed by atoms with van der Waals surface area (Å²) in [6, 6.07) is 6.06. The van der Waals surface area contributed by atoms with Crippen molar-refractivity contribution in [3.63, 3.8) is 0 Å². The summed E-state index contributed by atoms with van der Waals surface area (Å²) in [4.78, 5) is 4.26. The van der Waals surface area contributed by atoms with Crippen LogP contribution in [0.5, 0.6) is 5.75 Å². The second-order valence-electron chi connectivity index (χ2n) is 4.85. The molecule has 1 aromatic heterocycles. The first-order chi connectivity index (χ1) is 8.65. The first-order valence-corrected chi connectivity index (χ1v) is 6.10. The molecule has 1 N–H and O–H groups in total. The zero-order valence-electron chi connectivity index (χ0n) is 10.2. The van der Waals surface area contributed by atoms with Crippen LogP contribution in [0, 0.1) is 12.7 Å². The fraction of sp³-hybridized carbons (Fsp3) is 0.267. The van der Waals surface area contributed by atoms with Gasteiger partial charge in [0.05, 0.1) is 0 Å². The molecule has 0 radical (unpaired) electrons. The normalized spacial score (nSPS) is 14.8. The molecule has 18 heavy (non-hydrogen) atoms. The molecule has 0 aliphatic heterocycles. The number of aromatic nitrogens is 1. The highest BCUT2D eigenvalue weighted by atomic mass is 19.1. The van der Waals surface area contributed by atoms with E-state index in [1.165, 1.54) is 23.8 Å². The molecule has 2 nitrogen and oxygen atoms in total. The van der Waals surface area contributed by atoms with Gasteiger partial charge in [0.15, 0.2) is 0 Å². The molecule has 1 saturated carbocycles. The topological polar surface area (TPSA) is 33.1 Å². The maximum atomic E-state index is 13.3. The SMILES string of the molecule is Cc1cc(C2CC2)c(-c2cc(F)ccc2O)cn1. The third-order valence-electron chi connectivity index (χ3n) is 3.34. The molecule has 3 heteroatoms. The van der Waals surface area contributed by atoms with Gasteiger partial charge in [-0.25, -0.2) is 4.39 Å². The number of pyridine rings is 1. The predicted octanol–water partition coefficient (Wildman–Crippen LogP) is 3.78. The largest absolute Gasteiger partial charge is 0.507 e. The molecular weight excluding hydrogens is 229 g/mol. The number of nitrogens with zero attached hydrogens (tertiary/aromatic N) is 1. The van der Waals surface area contributed by atoms with Gasteiger partial charge >= 0.3 is 0 Å². The number of halogens is 1. The zero-order valence-corrected chi connectivity index (χ0v) is 10.2. The first-order valence-electron chi connectivity index (χ1n) is 6.10. The number of hydrogen-bond acceptors (Lipinski definition) is 2.